The predicted molar refractivity (Wildman–Crippen MR) is 88.0 cm³/mol. The first-order valence-corrected chi connectivity index (χ1v) is 8.92. The lowest BCUT2D eigenvalue weighted by atomic mass is 9.77. The molecule has 1 aromatic carbocycles. The molecule has 136 valence electrons. The average Bonchev–Trinajstić information content (AvgIpc) is 3.06. The van der Waals surface area contributed by atoms with Crippen molar-refractivity contribution in [2.75, 3.05) is 0 Å². The second kappa shape index (κ2) is 7.10. The van der Waals surface area contributed by atoms with Gasteiger partial charge in [0.2, 0.25) is 5.91 Å². The Morgan fingerprint density at radius 3 is 2.28 bits per heavy atom. The van der Waals surface area contributed by atoms with Crippen molar-refractivity contribution in [3.63, 3.8) is 0 Å². The van der Waals surface area contributed by atoms with Crippen molar-refractivity contribution in [2.45, 2.75) is 62.8 Å². The molecule has 0 radical (unpaired) electrons. The number of benzene rings is 1. The fourth-order valence-electron chi connectivity index (χ4n) is 4.28. The van der Waals surface area contributed by atoms with Gasteiger partial charge in [0.15, 0.2) is 0 Å². The normalized spacial score (nSPS) is 25.5. The van der Waals surface area contributed by atoms with Crippen LogP contribution < -0.4 is 5.32 Å². The number of carbonyl (C=O) groups excluding carboxylic acids is 1. The summed E-state index contributed by atoms with van der Waals surface area (Å²) in [5, 5.41) is 12.1. The molecule has 2 saturated carbocycles. The van der Waals surface area contributed by atoms with E-state index in [1.54, 1.807) is 0 Å². The predicted octanol–water partition coefficient (Wildman–Crippen LogP) is 3.54. The van der Waals surface area contributed by atoms with E-state index in [1.807, 2.05) is 0 Å². The zero-order valence-corrected chi connectivity index (χ0v) is 14.1. The molecular weight excluding hydrogens is 328 g/mol. The third-order valence-electron chi connectivity index (χ3n) is 5.75. The number of halogens is 2. The lowest BCUT2D eigenvalue weighted by Crippen LogP contribution is -2.48. The standard InChI is InChI=1S/C19H23F2NO3/c20-13-5-8-15(16(21)11-13)19(9-1-2-10-19)18(25)22-14-6-3-12(4-7-14)17(23)24/h5,8,11-12,14H,1-4,6-7,9-10H2,(H,22,25)(H,23,24). The summed E-state index contributed by atoms with van der Waals surface area (Å²) in [6, 6.07) is 3.34. The molecule has 3 rings (SSSR count). The maximum atomic E-state index is 14.3. The summed E-state index contributed by atoms with van der Waals surface area (Å²) in [6.07, 6.45) is 5.06. The second-order valence-corrected chi connectivity index (χ2v) is 7.27. The van der Waals surface area contributed by atoms with Crippen LogP contribution in [0.25, 0.3) is 0 Å². The first kappa shape index (κ1) is 17.8. The smallest absolute Gasteiger partial charge is 0.306 e. The summed E-state index contributed by atoms with van der Waals surface area (Å²) < 4.78 is 27.6. The van der Waals surface area contributed by atoms with E-state index in [2.05, 4.69) is 5.32 Å². The van der Waals surface area contributed by atoms with E-state index in [0.29, 0.717) is 38.5 Å². The van der Waals surface area contributed by atoms with E-state index >= 15 is 0 Å². The molecule has 0 atom stereocenters. The molecule has 0 aromatic heterocycles. The number of hydrogen-bond acceptors (Lipinski definition) is 2. The Labute approximate surface area is 145 Å². The first-order valence-electron chi connectivity index (χ1n) is 8.92. The molecule has 2 fully saturated rings. The zero-order chi connectivity index (χ0) is 18.0. The molecule has 4 nitrogen and oxygen atoms in total. The van der Waals surface area contributed by atoms with E-state index in [1.165, 1.54) is 12.1 Å². The third kappa shape index (κ3) is 3.53. The van der Waals surface area contributed by atoms with Gasteiger partial charge >= 0.3 is 5.97 Å². The topological polar surface area (TPSA) is 66.4 Å². The molecule has 1 aromatic rings. The molecule has 0 spiro atoms. The number of amides is 1. The van der Waals surface area contributed by atoms with Gasteiger partial charge in [-0.15, -0.1) is 0 Å². The van der Waals surface area contributed by atoms with Crippen LogP contribution in [0, 0.1) is 17.6 Å². The van der Waals surface area contributed by atoms with Crippen LogP contribution in [0.15, 0.2) is 18.2 Å². The fourth-order valence-corrected chi connectivity index (χ4v) is 4.28. The van der Waals surface area contributed by atoms with E-state index in [-0.39, 0.29) is 23.4 Å². The van der Waals surface area contributed by atoms with Gasteiger partial charge in [0.1, 0.15) is 11.6 Å². The van der Waals surface area contributed by atoms with Crippen molar-refractivity contribution in [3.8, 4) is 0 Å². The largest absolute Gasteiger partial charge is 0.481 e. The van der Waals surface area contributed by atoms with Gasteiger partial charge in [-0.3, -0.25) is 9.59 Å². The molecule has 25 heavy (non-hydrogen) atoms. The summed E-state index contributed by atoms with van der Waals surface area (Å²) in [5.41, 5.74) is -0.676. The van der Waals surface area contributed by atoms with Gasteiger partial charge in [-0.2, -0.15) is 0 Å². The van der Waals surface area contributed by atoms with Crippen LogP contribution in [0.1, 0.15) is 56.9 Å². The summed E-state index contributed by atoms with van der Waals surface area (Å²) in [6.45, 7) is 0. The Kier molecular flexibility index (Phi) is 5.06. The molecule has 0 aliphatic heterocycles. The van der Waals surface area contributed by atoms with Crippen molar-refractivity contribution < 1.29 is 23.5 Å². The second-order valence-electron chi connectivity index (χ2n) is 7.27. The SMILES string of the molecule is O=C(O)C1CCC(NC(=O)C2(c3ccc(F)cc3F)CCCC2)CC1. The molecule has 6 heteroatoms. The molecule has 1 amide bonds. The number of hydrogen-bond donors (Lipinski definition) is 2. The molecule has 2 N–H and O–H groups in total. The third-order valence-corrected chi connectivity index (χ3v) is 5.75. The maximum Gasteiger partial charge on any atom is 0.306 e. The Balaban J connectivity index is 1.75. The zero-order valence-electron chi connectivity index (χ0n) is 14.1. The lowest BCUT2D eigenvalue weighted by molar-refractivity contribution is -0.142. The molecule has 0 heterocycles. The van der Waals surface area contributed by atoms with E-state index in [9.17, 15) is 18.4 Å². The lowest BCUT2D eigenvalue weighted by Gasteiger charge is -2.33. The number of aliphatic carboxylic acids is 1. The van der Waals surface area contributed by atoms with Gasteiger partial charge in [-0.1, -0.05) is 18.9 Å². The van der Waals surface area contributed by atoms with Crippen molar-refractivity contribution in [1.29, 1.82) is 0 Å². The summed E-state index contributed by atoms with van der Waals surface area (Å²) in [5.74, 6) is -2.67. The van der Waals surface area contributed by atoms with E-state index < -0.39 is 23.0 Å². The van der Waals surface area contributed by atoms with E-state index in [4.69, 9.17) is 5.11 Å². The minimum absolute atomic E-state index is 0.0796. The minimum atomic E-state index is -0.943. The van der Waals surface area contributed by atoms with Crippen LogP contribution in [0.2, 0.25) is 0 Å². The van der Waals surface area contributed by atoms with Gasteiger partial charge in [-0.25, -0.2) is 8.78 Å². The molecular formula is C19H23F2NO3. The number of carbonyl (C=O) groups is 2. The summed E-state index contributed by atoms with van der Waals surface area (Å²) in [7, 11) is 0. The molecule has 0 bridgehead atoms. The monoisotopic (exact) mass is 351 g/mol. The van der Waals surface area contributed by atoms with E-state index in [0.717, 1.165) is 18.9 Å². The van der Waals surface area contributed by atoms with Crippen molar-refractivity contribution in [2.24, 2.45) is 5.92 Å². The highest BCUT2D eigenvalue weighted by Gasteiger charge is 2.45. The highest BCUT2D eigenvalue weighted by molar-refractivity contribution is 5.89. The van der Waals surface area contributed by atoms with Crippen LogP contribution in [-0.4, -0.2) is 23.0 Å². The highest BCUT2D eigenvalue weighted by atomic mass is 19.1. The summed E-state index contributed by atoms with van der Waals surface area (Å²) in [4.78, 5) is 24.0. The summed E-state index contributed by atoms with van der Waals surface area (Å²) >= 11 is 0. The van der Waals surface area contributed by atoms with Gasteiger partial charge in [0.05, 0.1) is 11.3 Å². The first-order chi connectivity index (χ1) is 11.9. The highest BCUT2D eigenvalue weighted by Crippen LogP contribution is 2.43. The van der Waals surface area contributed by atoms with Crippen molar-refractivity contribution in [3.05, 3.63) is 35.4 Å². The van der Waals surface area contributed by atoms with Crippen molar-refractivity contribution >= 4 is 11.9 Å². The number of nitrogens with one attached hydrogen (secondary N) is 1. The van der Waals surface area contributed by atoms with Gasteiger partial charge in [0, 0.05) is 17.7 Å². The van der Waals surface area contributed by atoms with Crippen molar-refractivity contribution in [1.82, 2.24) is 5.32 Å². The minimum Gasteiger partial charge on any atom is -0.481 e. The molecule has 0 saturated heterocycles. The molecule has 2 aliphatic carbocycles. The molecule has 2 aliphatic rings. The van der Waals surface area contributed by atoms with Gasteiger partial charge < -0.3 is 10.4 Å². The van der Waals surface area contributed by atoms with Crippen LogP contribution >= 0.6 is 0 Å². The Morgan fingerprint density at radius 2 is 1.72 bits per heavy atom. The van der Waals surface area contributed by atoms with Gasteiger partial charge in [0.25, 0.3) is 0 Å². The number of rotatable bonds is 4. The quantitative estimate of drug-likeness (QED) is 0.872. The maximum absolute atomic E-state index is 14.3. The fraction of sp³-hybridized carbons (Fsp3) is 0.579. The molecule has 0 unspecified atom stereocenters. The number of carboxylic acid groups (broad SMARTS) is 1. The van der Waals surface area contributed by atoms with Crippen LogP contribution in [0.5, 0.6) is 0 Å². The Morgan fingerprint density at radius 1 is 1.08 bits per heavy atom. The Hall–Kier alpha value is -1.98. The Bertz CT molecular complexity index is 663. The van der Waals surface area contributed by atoms with Crippen LogP contribution in [0.3, 0.4) is 0 Å². The average molecular weight is 351 g/mol. The van der Waals surface area contributed by atoms with Gasteiger partial charge in [-0.05, 0) is 44.6 Å². The van der Waals surface area contributed by atoms with Crippen LogP contribution in [0.4, 0.5) is 8.78 Å². The number of carboxylic acids is 1. The van der Waals surface area contributed by atoms with Crippen LogP contribution in [-0.2, 0) is 15.0 Å².